The largest absolute Gasteiger partial charge is 0.481 e. The summed E-state index contributed by atoms with van der Waals surface area (Å²) in [7, 11) is 0. The zero-order valence-corrected chi connectivity index (χ0v) is 14.0. The predicted octanol–water partition coefficient (Wildman–Crippen LogP) is 3.62. The lowest BCUT2D eigenvalue weighted by Gasteiger charge is -2.27. The lowest BCUT2D eigenvalue weighted by Crippen LogP contribution is -2.33. The maximum absolute atomic E-state index is 5.90. The minimum absolute atomic E-state index is 0.153. The van der Waals surface area contributed by atoms with Crippen LogP contribution in [-0.2, 0) is 13.0 Å². The second-order valence-electron chi connectivity index (χ2n) is 6.62. The molecule has 4 rings (SSSR count). The van der Waals surface area contributed by atoms with E-state index in [4.69, 9.17) is 10.5 Å². The van der Waals surface area contributed by atoms with Crippen LogP contribution in [0.3, 0.4) is 0 Å². The Morgan fingerprint density at radius 1 is 1.25 bits per heavy atom. The van der Waals surface area contributed by atoms with E-state index < -0.39 is 0 Å². The minimum atomic E-state index is -0.153. The van der Waals surface area contributed by atoms with Crippen LogP contribution in [0.5, 0.6) is 5.75 Å². The molecule has 1 aliphatic heterocycles. The predicted molar refractivity (Wildman–Crippen MR) is 96.8 cm³/mol. The maximum Gasteiger partial charge on any atom is 0.153 e. The van der Waals surface area contributed by atoms with Crippen molar-refractivity contribution < 1.29 is 4.74 Å². The van der Waals surface area contributed by atoms with Crippen molar-refractivity contribution in [2.75, 3.05) is 0 Å². The SMILES string of the molecule is CC1Oc2ccc(CNC3CCCc4ccccc43)cc2N=C1N. The number of ether oxygens (including phenoxy) is 1. The molecule has 2 aromatic rings. The summed E-state index contributed by atoms with van der Waals surface area (Å²) in [5.41, 5.74) is 10.8. The number of benzene rings is 2. The molecule has 2 unspecified atom stereocenters. The van der Waals surface area contributed by atoms with Crippen LogP contribution in [0.15, 0.2) is 47.5 Å². The average molecular weight is 321 g/mol. The Balaban J connectivity index is 1.49. The van der Waals surface area contributed by atoms with Crippen LogP contribution in [0, 0.1) is 0 Å². The van der Waals surface area contributed by atoms with E-state index in [1.807, 2.05) is 13.0 Å². The normalized spacial score (nSPS) is 22.1. The van der Waals surface area contributed by atoms with E-state index in [1.165, 1.54) is 36.0 Å². The second kappa shape index (κ2) is 6.29. The van der Waals surface area contributed by atoms with E-state index in [2.05, 4.69) is 46.7 Å². The summed E-state index contributed by atoms with van der Waals surface area (Å²) in [6.07, 6.45) is 3.47. The van der Waals surface area contributed by atoms with Crippen molar-refractivity contribution >= 4 is 11.5 Å². The van der Waals surface area contributed by atoms with Crippen LogP contribution in [0.1, 0.15) is 42.5 Å². The van der Waals surface area contributed by atoms with Gasteiger partial charge in [-0.15, -0.1) is 0 Å². The van der Waals surface area contributed by atoms with E-state index in [1.54, 1.807) is 0 Å². The molecule has 0 radical (unpaired) electrons. The molecule has 2 aromatic carbocycles. The molecule has 4 nitrogen and oxygen atoms in total. The molecule has 0 saturated heterocycles. The first-order valence-corrected chi connectivity index (χ1v) is 8.65. The molecule has 0 fully saturated rings. The molecule has 2 atom stereocenters. The van der Waals surface area contributed by atoms with E-state index in [9.17, 15) is 0 Å². The van der Waals surface area contributed by atoms with Gasteiger partial charge in [-0.3, -0.25) is 0 Å². The first-order valence-electron chi connectivity index (χ1n) is 8.65. The van der Waals surface area contributed by atoms with E-state index in [0.717, 1.165) is 18.0 Å². The maximum atomic E-state index is 5.90. The Bertz CT molecular complexity index is 784. The van der Waals surface area contributed by atoms with Gasteiger partial charge in [0.1, 0.15) is 17.3 Å². The van der Waals surface area contributed by atoms with Crippen molar-refractivity contribution in [3.05, 3.63) is 59.2 Å². The standard InChI is InChI=1S/C20H23N3O/c1-13-20(21)23-18-11-14(9-10-19(18)24-13)12-22-17-8-4-6-15-5-2-3-7-16(15)17/h2-3,5,7,9-11,13,17,22H,4,6,8,12H2,1H3,(H2,21,23). The number of aliphatic imine (C=N–C) groups is 1. The minimum Gasteiger partial charge on any atom is -0.481 e. The third kappa shape index (κ3) is 2.89. The lowest BCUT2D eigenvalue weighted by molar-refractivity contribution is 0.281. The van der Waals surface area contributed by atoms with Crippen LogP contribution in [0.4, 0.5) is 5.69 Å². The van der Waals surface area contributed by atoms with Crippen molar-refractivity contribution in [3.8, 4) is 5.75 Å². The highest BCUT2D eigenvalue weighted by Crippen LogP contribution is 2.33. The van der Waals surface area contributed by atoms with Crippen LogP contribution in [0.2, 0.25) is 0 Å². The number of hydrogen-bond donors (Lipinski definition) is 2. The summed E-state index contributed by atoms with van der Waals surface area (Å²) >= 11 is 0. The van der Waals surface area contributed by atoms with Crippen molar-refractivity contribution in [1.29, 1.82) is 0 Å². The highest BCUT2D eigenvalue weighted by atomic mass is 16.5. The molecule has 2 aliphatic rings. The number of aryl methyl sites for hydroxylation is 1. The van der Waals surface area contributed by atoms with Gasteiger partial charge in [-0.2, -0.15) is 0 Å². The number of nitrogens with one attached hydrogen (secondary N) is 1. The highest BCUT2D eigenvalue weighted by molar-refractivity contribution is 5.89. The Kier molecular flexibility index (Phi) is 3.98. The number of hydrogen-bond acceptors (Lipinski definition) is 4. The van der Waals surface area contributed by atoms with E-state index >= 15 is 0 Å². The molecule has 0 aromatic heterocycles. The number of amidine groups is 1. The van der Waals surface area contributed by atoms with Gasteiger partial charge in [-0.05, 0) is 55.0 Å². The van der Waals surface area contributed by atoms with Gasteiger partial charge in [0.05, 0.1) is 0 Å². The molecule has 0 bridgehead atoms. The summed E-state index contributed by atoms with van der Waals surface area (Å²) in [6.45, 7) is 2.73. The first-order chi connectivity index (χ1) is 11.7. The summed E-state index contributed by atoms with van der Waals surface area (Å²) in [6, 6.07) is 15.4. The van der Waals surface area contributed by atoms with Gasteiger partial charge in [0.25, 0.3) is 0 Å². The molecule has 0 spiro atoms. The van der Waals surface area contributed by atoms with Gasteiger partial charge in [0.2, 0.25) is 0 Å². The van der Waals surface area contributed by atoms with Gasteiger partial charge in [0, 0.05) is 12.6 Å². The summed E-state index contributed by atoms with van der Waals surface area (Å²) in [5.74, 6) is 1.34. The van der Waals surface area contributed by atoms with Crippen molar-refractivity contribution in [2.24, 2.45) is 10.7 Å². The Morgan fingerprint density at radius 2 is 2.12 bits per heavy atom. The summed E-state index contributed by atoms with van der Waals surface area (Å²) in [5, 5.41) is 3.70. The Morgan fingerprint density at radius 3 is 3.04 bits per heavy atom. The molecular formula is C20H23N3O. The number of nitrogens with zero attached hydrogens (tertiary/aromatic N) is 1. The zero-order chi connectivity index (χ0) is 16.5. The summed E-state index contributed by atoms with van der Waals surface area (Å²) in [4.78, 5) is 4.46. The van der Waals surface area contributed by atoms with Crippen LogP contribution in [-0.4, -0.2) is 11.9 Å². The van der Waals surface area contributed by atoms with Crippen LogP contribution in [0.25, 0.3) is 0 Å². The molecule has 0 saturated carbocycles. The monoisotopic (exact) mass is 321 g/mol. The average Bonchev–Trinajstić information content (AvgIpc) is 2.61. The number of rotatable bonds is 3. The molecule has 24 heavy (non-hydrogen) atoms. The van der Waals surface area contributed by atoms with Crippen molar-refractivity contribution in [3.63, 3.8) is 0 Å². The smallest absolute Gasteiger partial charge is 0.153 e. The number of nitrogens with two attached hydrogens (primary N) is 1. The fourth-order valence-corrected chi connectivity index (χ4v) is 3.55. The second-order valence-corrected chi connectivity index (χ2v) is 6.62. The van der Waals surface area contributed by atoms with Crippen LogP contribution >= 0.6 is 0 Å². The lowest BCUT2D eigenvalue weighted by atomic mass is 9.87. The van der Waals surface area contributed by atoms with E-state index in [0.29, 0.717) is 11.9 Å². The zero-order valence-electron chi connectivity index (χ0n) is 14.0. The Labute approximate surface area is 142 Å². The molecule has 4 heteroatoms. The van der Waals surface area contributed by atoms with E-state index in [-0.39, 0.29) is 6.10 Å². The van der Waals surface area contributed by atoms with Crippen molar-refractivity contribution in [2.45, 2.75) is 44.9 Å². The molecule has 124 valence electrons. The van der Waals surface area contributed by atoms with Crippen molar-refractivity contribution in [1.82, 2.24) is 5.32 Å². The van der Waals surface area contributed by atoms with Gasteiger partial charge in [-0.1, -0.05) is 30.3 Å². The third-order valence-corrected chi connectivity index (χ3v) is 4.92. The fraction of sp³-hybridized carbons (Fsp3) is 0.350. The van der Waals surface area contributed by atoms with Crippen LogP contribution < -0.4 is 15.8 Å². The number of fused-ring (bicyclic) bond motifs is 2. The summed E-state index contributed by atoms with van der Waals surface area (Å²) < 4.78 is 5.76. The molecular weight excluding hydrogens is 298 g/mol. The first kappa shape index (κ1) is 15.2. The fourth-order valence-electron chi connectivity index (χ4n) is 3.55. The third-order valence-electron chi connectivity index (χ3n) is 4.92. The molecule has 1 aliphatic carbocycles. The molecule has 0 amide bonds. The Hall–Kier alpha value is -2.33. The molecule has 3 N–H and O–H groups in total. The van der Waals surface area contributed by atoms with Gasteiger partial charge >= 0.3 is 0 Å². The van der Waals surface area contributed by atoms with Gasteiger partial charge < -0.3 is 15.8 Å². The van der Waals surface area contributed by atoms with Gasteiger partial charge in [-0.25, -0.2) is 4.99 Å². The quantitative estimate of drug-likeness (QED) is 0.907. The molecule has 1 heterocycles. The van der Waals surface area contributed by atoms with Gasteiger partial charge in [0.15, 0.2) is 6.10 Å². The topological polar surface area (TPSA) is 59.6 Å². The highest BCUT2D eigenvalue weighted by Gasteiger charge is 2.20.